The Bertz CT molecular complexity index is 473. The summed E-state index contributed by atoms with van der Waals surface area (Å²) in [5, 5.41) is 2.99. The number of hydrogen-bond donors (Lipinski definition) is 1. The van der Waals surface area contributed by atoms with Crippen LogP contribution in [0.15, 0.2) is 42.7 Å². The lowest BCUT2D eigenvalue weighted by molar-refractivity contribution is 0.300. The normalized spacial score (nSPS) is 10.1. The molecule has 0 saturated carbocycles. The van der Waals surface area contributed by atoms with Crippen LogP contribution in [-0.4, -0.2) is 23.6 Å². The summed E-state index contributed by atoms with van der Waals surface area (Å²) < 4.78 is 5.60. The third-order valence-corrected chi connectivity index (χ3v) is 2.59. The fraction of sp³-hybridized carbons (Fsp3) is 0.286. The van der Waals surface area contributed by atoms with Gasteiger partial charge in [-0.1, -0.05) is 6.07 Å². The fourth-order valence-electron chi connectivity index (χ4n) is 1.64. The van der Waals surface area contributed by atoms with Crippen molar-refractivity contribution in [3.63, 3.8) is 0 Å². The van der Waals surface area contributed by atoms with E-state index in [4.69, 9.17) is 4.74 Å². The highest BCUT2D eigenvalue weighted by atomic mass is 16.5. The first-order valence-electron chi connectivity index (χ1n) is 6.05. The Kier molecular flexibility index (Phi) is 4.53. The largest absolute Gasteiger partial charge is 0.478 e. The summed E-state index contributed by atoms with van der Waals surface area (Å²) in [5.74, 6) is 1.48. The lowest BCUT2D eigenvalue weighted by Gasteiger charge is -2.06. The Balaban J connectivity index is 1.75. The highest BCUT2D eigenvalue weighted by Crippen LogP contribution is 2.11. The van der Waals surface area contributed by atoms with E-state index < -0.39 is 0 Å². The molecule has 4 heteroatoms. The first-order chi connectivity index (χ1) is 8.88. The van der Waals surface area contributed by atoms with Gasteiger partial charge in [-0.25, -0.2) is 0 Å². The summed E-state index contributed by atoms with van der Waals surface area (Å²) in [5.41, 5.74) is 1.28. The van der Waals surface area contributed by atoms with Gasteiger partial charge in [0.2, 0.25) is 5.88 Å². The SMILES string of the molecule is CNc1cccc(OCCCc2ccncc2)n1. The number of aryl methyl sites for hydroxylation is 1. The van der Waals surface area contributed by atoms with Crippen molar-refractivity contribution in [3.8, 4) is 5.88 Å². The van der Waals surface area contributed by atoms with Gasteiger partial charge in [0, 0.05) is 25.5 Å². The number of ether oxygens (including phenoxy) is 1. The Morgan fingerprint density at radius 2 is 2.00 bits per heavy atom. The van der Waals surface area contributed by atoms with Crippen molar-refractivity contribution in [1.29, 1.82) is 0 Å². The standard InChI is InChI=1S/C14H17N3O/c1-15-13-5-2-6-14(17-13)18-11-3-4-12-7-9-16-10-8-12/h2,5-10H,3-4,11H2,1H3,(H,15,17). The van der Waals surface area contributed by atoms with Crippen LogP contribution < -0.4 is 10.1 Å². The van der Waals surface area contributed by atoms with E-state index >= 15 is 0 Å². The predicted octanol–water partition coefficient (Wildman–Crippen LogP) is 2.53. The summed E-state index contributed by atoms with van der Waals surface area (Å²) >= 11 is 0. The summed E-state index contributed by atoms with van der Waals surface area (Å²) in [6.07, 6.45) is 5.59. The third kappa shape index (κ3) is 3.73. The molecule has 2 heterocycles. The Morgan fingerprint density at radius 3 is 2.78 bits per heavy atom. The van der Waals surface area contributed by atoms with E-state index in [-0.39, 0.29) is 0 Å². The summed E-state index contributed by atoms with van der Waals surface area (Å²) in [4.78, 5) is 8.28. The van der Waals surface area contributed by atoms with Crippen LogP contribution in [0.4, 0.5) is 5.82 Å². The minimum atomic E-state index is 0.663. The highest BCUT2D eigenvalue weighted by Gasteiger charge is 1.97. The molecule has 2 rings (SSSR count). The molecule has 0 aliphatic rings. The van der Waals surface area contributed by atoms with Gasteiger partial charge in [-0.2, -0.15) is 4.98 Å². The second-order valence-corrected chi connectivity index (χ2v) is 3.92. The molecule has 0 unspecified atom stereocenters. The molecule has 0 aromatic carbocycles. The molecule has 0 aliphatic heterocycles. The van der Waals surface area contributed by atoms with E-state index in [1.54, 1.807) is 0 Å². The van der Waals surface area contributed by atoms with Crippen molar-refractivity contribution in [2.24, 2.45) is 0 Å². The van der Waals surface area contributed by atoms with E-state index in [1.165, 1.54) is 5.56 Å². The zero-order valence-corrected chi connectivity index (χ0v) is 10.5. The summed E-state index contributed by atoms with van der Waals surface area (Å²) in [6.45, 7) is 0.669. The molecular formula is C14H17N3O. The van der Waals surface area contributed by atoms with Gasteiger partial charge in [0.05, 0.1) is 6.61 Å². The van der Waals surface area contributed by atoms with Gasteiger partial charge in [0.1, 0.15) is 5.82 Å². The van der Waals surface area contributed by atoms with E-state index in [2.05, 4.69) is 15.3 Å². The van der Waals surface area contributed by atoms with Crippen molar-refractivity contribution in [1.82, 2.24) is 9.97 Å². The minimum Gasteiger partial charge on any atom is -0.478 e. The van der Waals surface area contributed by atoms with Gasteiger partial charge in [-0.15, -0.1) is 0 Å². The number of hydrogen-bond acceptors (Lipinski definition) is 4. The maximum Gasteiger partial charge on any atom is 0.215 e. The van der Waals surface area contributed by atoms with Gasteiger partial charge in [-0.05, 0) is 36.6 Å². The number of nitrogens with one attached hydrogen (secondary N) is 1. The molecular weight excluding hydrogens is 226 g/mol. The second-order valence-electron chi connectivity index (χ2n) is 3.92. The first kappa shape index (κ1) is 12.4. The van der Waals surface area contributed by atoms with Gasteiger partial charge in [0.15, 0.2) is 0 Å². The van der Waals surface area contributed by atoms with Gasteiger partial charge in [-0.3, -0.25) is 4.98 Å². The number of rotatable bonds is 6. The van der Waals surface area contributed by atoms with E-state index in [0.29, 0.717) is 12.5 Å². The molecule has 94 valence electrons. The van der Waals surface area contributed by atoms with Crippen LogP contribution in [0.25, 0.3) is 0 Å². The number of anilines is 1. The van der Waals surface area contributed by atoms with Crippen LogP contribution in [0.2, 0.25) is 0 Å². The van der Waals surface area contributed by atoms with Crippen molar-refractivity contribution in [2.45, 2.75) is 12.8 Å². The second kappa shape index (κ2) is 6.59. The number of nitrogens with zero attached hydrogens (tertiary/aromatic N) is 2. The van der Waals surface area contributed by atoms with Crippen LogP contribution in [0.1, 0.15) is 12.0 Å². The topological polar surface area (TPSA) is 47.0 Å². The molecule has 0 aliphatic carbocycles. The molecule has 0 atom stereocenters. The third-order valence-electron chi connectivity index (χ3n) is 2.59. The molecule has 0 spiro atoms. The summed E-state index contributed by atoms with van der Waals surface area (Å²) in [7, 11) is 1.84. The van der Waals surface area contributed by atoms with Crippen LogP contribution >= 0.6 is 0 Å². The molecule has 4 nitrogen and oxygen atoms in total. The molecule has 0 radical (unpaired) electrons. The molecule has 2 aromatic rings. The zero-order valence-electron chi connectivity index (χ0n) is 10.5. The first-order valence-corrected chi connectivity index (χ1v) is 6.05. The fourth-order valence-corrected chi connectivity index (χ4v) is 1.64. The Morgan fingerprint density at radius 1 is 1.17 bits per heavy atom. The molecule has 18 heavy (non-hydrogen) atoms. The lowest BCUT2D eigenvalue weighted by atomic mass is 10.1. The monoisotopic (exact) mass is 243 g/mol. The lowest BCUT2D eigenvalue weighted by Crippen LogP contribution is -2.02. The van der Waals surface area contributed by atoms with E-state index in [9.17, 15) is 0 Å². The van der Waals surface area contributed by atoms with Crippen LogP contribution in [-0.2, 0) is 6.42 Å². The smallest absolute Gasteiger partial charge is 0.215 e. The van der Waals surface area contributed by atoms with Crippen molar-refractivity contribution in [3.05, 3.63) is 48.3 Å². The minimum absolute atomic E-state index is 0.663. The van der Waals surface area contributed by atoms with Gasteiger partial charge >= 0.3 is 0 Å². The van der Waals surface area contributed by atoms with Crippen molar-refractivity contribution in [2.75, 3.05) is 19.0 Å². The van der Waals surface area contributed by atoms with E-state index in [0.717, 1.165) is 18.7 Å². The van der Waals surface area contributed by atoms with Crippen LogP contribution in [0.3, 0.4) is 0 Å². The highest BCUT2D eigenvalue weighted by molar-refractivity contribution is 5.35. The van der Waals surface area contributed by atoms with Crippen LogP contribution in [0, 0.1) is 0 Å². The van der Waals surface area contributed by atoms with Gasteiger partial charge in [0.25, 0.3) is 0 Å². The Labute approximate surface area is 107 Å². The summed E-state index contributed by atoms with van der Waals surface area (Å²) in [6, 6.07) is 9.76. The number of pyridine rings is 2. The maximum absolute atomic E-state index is 5.60. The molecule has 2 aromatic heterocycles. The molecule has 0 bridgehead atoms. The average Bonchev–Trinajstić information content (AvgIpc) is 2.45. The van der Waals surface area contributed by atoms with Crippen molar-refractivity contribution < 1.29 is 4.74 Å². The van der Waals surface area contributed by atoms with Crippen LogP contribution in [0.5, 0.6) is 5.88 Å². The van der Waals surface area contributed by atoms with Gasteiger partial charge < -0.3 is 10.1 Å². The zero-order chi connectivity index (χ0) is 12.6. The van der Waals surface area contributed by atoms with Crippen molar-refractivity contribution >= 4 is 5.82 Å². The molecule has 1 N–H and O–H groups in total. The molecule has 0 fully saturated rings. The molecule has 0 saturated heterocycles. The number of aromatic nitrogens is 2. The van der Waals surface area contributed by atoms with E-state index in [1.807, 2.05) is 49.8 Å². The Hall–Kier alpha value is -2.10. The predicted molar refractivity (Wildman–Crippen MR) is 71.8 cm³/mol. The molecule has 0 amide bonds. The quantitative estimate of drug-likeness (QED) is 0.792. The maximum atomic E-state index is 5.60. The average molecular weight is 243 g/mol.